The van der Waals surface area contributed by atoms with Crippen molar-refractivity contribution >= 4 is 5.91 Å². The second-order valence-corrected chi connectivity index (χ2v) is 6.63. The van der Waals surface area contributed by atoms with E-state index in [2.05, 4.69) is 22.3 Å². The molecule has 0 aliphatic carbocycles. The fourth-order valence-corrected chi connectivity index (χ4v) is 3.48. The zero-order valence-electron chi connectivity index (χ0n) is 14.9. The first-order valence-electron chi connectivity index (χ1n) is 8.47. The highest BCUT2D eigenvalue weighted by Gasteiger charge is 2.31. The van der Waals surface area contributed by atoms with Gasteiger partial charge in [-0.1, -0.05) is 0 Å². The summed E-state index contributed by atoms with van der Waals surface area (Å²) < 4.78 is 3.94. The van der Waals surface area contributed by atoms with Crippen LogP contribution < -0.4 is 5.32 Å². The molecule has 24 heavy (non-hydrogen) atoms. The molecule has 1 aliphatic rings. The summed E-state index contributed by atoms with van der Waals surface area (Å²) in [7, 11) is 1.97. The number of amides is 1. The maximum Gasteiger partial charge on any atom is 0.225 e. The van der Waals surface area contributed by atoms with Crippen molar-refractivity contribution in [1.29, 1.82) is 0 Å². The predicted octanol–water partition coefficient (Wildman–Crippen LogP) is 1.36. The molecule has 0 aromatic carbocycles. The van der Waals surface area contributed by atoms with Crippen LogP contribution >= 0.6 is 0 Å². The molecular weight excluding hydrogens is 304 g/mol. The van der Waals surface area contributed by atoms with E-state index in [0.29, 0.717) is 13.0 Å². The molecule has 0 spiro atoms. The molecule has 2 atom stereocenters. The van der Waals surface area contributed by atoms with Gasteiger partial charge in [0.05, 0.1) is 11.7 Å². The monoisotopic (exact) mass is 330 g/mol. The van der Waals surface area contributed by atoms with Gasteiger partial charge >= 0.3 is 0 Å². The van der Waals surface area contributed by atoms with Gasteiger partial charge in [-0.15, -0.1) is 0 Å². The summed E-state index contributed by atoms with van der Waals surface area (Å²) in [6.45, 7) is 8.33. The van der Waals surface area contributed by atoms with Crippen molar-refractivity contribution in [3.05, 3.63) is 35.7 Å². The van der Waals surface area contributed by atoms with E-state index >= 15 is 0 Å². The molecule has 3 heterocycles. The van der Waals surface area contributed by atoms with Gasteiger partial charge < -0.3 is 14.8 Å². The predicted molar refractivity (Wildman–Crippen MR) is 91.6 cm³/mol. The second kappa shape index (κ2) is 6.76. The quantitative estimate of drug-likeness (QED) is 0.919. The molecule has 0 radical (unpaired) electrons. The summed E-state index contributed by atoms with van der Waals surface area (Å²) in [5.41, 5.74) is 2.08. The third-order valence-electron chi connectivity index (χ3n) is 4.65. The van der Waals surface area contributed by atoms with E-state index in [1.54, 1.807) is 6.20 Å². The zero-order valence-corrected chi connectivity index (χ0v) is 14.9. The molecule has 3 rings (SSSR count). The van der Waals surface area contributed by atoms with Gasteiger partial charge in [0.15, 0.2) is 0 Å². The van der Waals surface area contributed by atoms with Crippen molar-refractivity contribution in [2.45, 2.75) is 39.3 Å². The van der Waals surface area contributed by atoms with Crippen LogP contribution in [0, 0.1) is 13.8 Å². The summed E-state index contributed by atoms with van der Waals surface area (Å²) in [5.74, 6) is 1.08. The highest BCUT2D eigenvalue weighted by atomic mass is 16.2. The summed E-state index contributed by atoms with van der Waals surface area (Å²) in [6, 6.07) is 2.07. The van der Waals surface area contributed by atoms with Gasteiger partial charge in [-0.3, -0.25) is 9.48 Å². The second-order valence-electron chi connectivity index (χ2n) is 6.63. The standard InChI is InChI=1S/C17H26N6O/c1-12-9-13(2)23(20-12)14(3)10-16(24)22-8-5-18-11-15(22)17-19-6-7-21(17)4/h6-7,9,14-15,18H,5,8,10-11H2,1-4H3. The number of carbonyl (C=O) groups is 1. The Balaban J connectivity index is 1.75. The van der Waals surface area contributed by atoms with E-state index in [1.807, 2.05) is 47.3 Å². The average Bonchev–Trinajstić information content (AvgIpc) is 3.12. The molecule has 130 valence electrons. The van der Waals surface area contributed by atoms with E-state index in [4.69, 9.17) is 0 Å². The van der Waals surface area contributed by atoms with Gasteiger partial charge in [0, 0.05) is 51.2 Å². The number of hydrogen-bond acceptors (Lipinski definition) is 4. The van der Waals surface area contributed by atoms with Crippen molar-refractivity contribution in [2.24, 2.45) is 7.05 Å². The first-order valence-corrected chi connectivity index (χ1v) is 8.47. The minimum absolute atomic E-state index is 0.0149. The van der Waals surface area contributed by atoms with Gasteiger partial charge in [-0.05, 0) is 26.8 Å². The maximum atomic E-state index is 12.9. The van der Waals surface area contributed by atoms with Crippen molar-refractivity contribution in [3.8, 4) is 0 Å². The lowest BCUT2D eigenvalue weighted by molar-refractivity contribution is -0.135. The Bertz CT molecular complexity index is 718. The Morgan fingerprint density at radius 1 is 1.46 bits per heavy atom. The van der Waals surface area contributed by atoms with Crippen LogP contribution in [0.3, 0.4) is 0 Å². The SMILES string of the molecule is Cc1cc(C)n(C(C)CC(=O)N2CCNCC2c2nccn2C)n1. The molecule has 1 amide bonds. The summed E-state index contributed by atoms with van der Waals surface area (Å²) in [4.78, 5) is 19.3. The Hall–Kier alpha value is -2.15. The number of nitrogens with one attached hydrogen (secondary N) is 1. The number of piperazine rings is 1. The van der Waals surface area contributed by atoms with Crippen LogP contribution in [0.4, 0.5) is 0 Å². The van der Waals surface area contributed by atoms with E-state index in [9.17, 15) is 4.79 Å². The largest absolute Gasteiger partial charge is 0.336 e. The lowest BCUT2D eigenvalue weighted by Crippen LogP contribution is -2.49. The molecule has 2 unspecified atom stereocenters. The molecule has 1 aliphatic heterocycles. The van der Waals surface area contributed by atoms with E-state index < -0.39 is 0 Å². The number of rotatable bonds is 4. The van der Waals surface area contributed by atoms with Crippen LogP contribution in [-0.2, 0) is 11.8 Å². The molecule has 1 fully saturated rings. The molecule has 0 saturated carbocycles. The Morgan fingerprint density at radius 3 is 2.88 bits per heavy atom. The highest BCUT2D eigenvalue weighted by Crippen LogP contribution is 2.23. The number of aryl methyl sites for hydroxylation is 3. The molecule has 2 aromatic heterocycles. The highest BCUT2D eigenvalue weighted by molar-refractivity contribution is 5.77. The first kappa shape index (κ1) is 16.7. The number of aromatic nitrogens is 4. The van der Waals surface area contributed by atoms with Gasteiger partial charge in [-0.25, -0.2) is 4.98 Å². The Morgan fingerprint density at radius 2 is 2.25 bits per heavy atom. The van der Waals surface area contributed by atoms with Crippen LogP contribution in [0.1, 0.15) is 42.6 Å². The summed E-state index contributed by atoms with van der Waals surface area (Å²) >= 11 is 0. The topological polar surface area (TPSA) is 68.0 Å². The van der Waals surface area contributed by atoms with Crippen LogP contribution in [0.5, 0.6) is 0 Å². The Labute approximate surface area is 142 Å². The molecule has 7 heteroatoms. The zero-order chi connectivity index (χ0) is 17.3. The number of nitrogens with zero attached hydrogens (tertiary/aromatic N) is 5. The lowest BCUT2D eigenvalue weighted by atomic mass is 10.1. The van der Waals surface area contributed by atoms with Crippen molar-refractivity contribution in [1.82, 2.24) is 29.5 Å². The fraction of sp³-hybridized carbons (Fsp3) is 0.588. The third kappa shape index (κ3) is 3.21. The number of imidazole rings is 1. The maximum absolute atomic E-state index is 12.9. The summed E-state index contributed by atoms with van der Waals surface area (Å²) in [6.07, 6.45) is 4.15. The normalized spacial score (nSPS) is 19.5. The number of carbonyl (C=O) groups excluding carboxylic acids is 1. The van der Waals surface area contributed by atoms with Crippen LogP contribution in [0.25, 0.3) is 0 Å². The molecular formula is C17H26N6O. The van der Waals surface area contributed by atoms with Gasteiger partial charge in [-0.2, -0.15) is 5.10 Å². The van der Waals surface area contributed by atoms with E-state index in [1.165, 1.54) is 0 Å². The van der Waals surface area contributed by atoms with Gasteiger partial charge in [0.2, 0.25) is 5.91 Å². The fourth-order valence-electron chi connectivity index (χ4n) is 3.48. The van der Waals surface area contributed by atoms with Gasteiger partial charge in [0.25, 0.3) is 0 Å². The van der Waals surface area contributed by atoms with Crippen LogP contribution in [-0.4, -0.2) is 49.8 Å². The molecule has 2 aromatic rings. The smallest absolute Gasteiger partial charge is 0.225 e. The summed E-state index contributed by atoms with van der Waals surface area (Å²) in [5, 5.41) is 7.88. The Kier molecular flexibility index (Phi) is 4.71. The average molecular weight is 330 g/mol. The van der Waals surface area contributed by atoms with Crippen LogP contribution in [0.2, 0.25) is 0 Å². The van der Waals surface area contributed by atoms with Crippen molar-refractivity contribution in [2.75, 3.05) is 19.6 Å². The third-order valence-corrected chi connectivity index (χ3v) is 4.65. The molecule has 1 saturated heterocycles. The molecule has 1 N–H and O–H groups in total. The lowest BCUT2D eigenvalue weighted by Gasteiger charge is -2.36. The first-order chi connectivity index (χ1) is 11.5. The number of hydrogen-bond donors (Lipinski definition) is 1. The van der Waals surface area contributed by atoms with Gasteiger partial charge in [0.1, 0.15) is 11.9 Å². The minimum atomic E-state index is -0.0149. The van der Waals surface area contributed by atoms with Crippen LogP contribution in [0.15, 0.2) is 18.5 Å². The van der Waals surface area contributed by atoms with Crippen molar-refractivity contribution in [3.63, 3.8) is 0 Å². The molecule has 7 nitrogen and oxygen atoms in total. The molecule has 0 bridgehead atoms. The van der Waals surface area contributed by atoms with Crippen molar-refractivity contribution < 1.29 is 4.79 Å². The minimum Gasteiger partial charge on any atom is -0.336 e. The van der Waals surface area contributed by atoms with E-state index in [-0.39, 0.29) is 18.0 Å². The van der Waals surface area contributed by atoms with E-state index in [0.717, 1.165) is 30.3 Å².